The van der Waals surface area contributed by atoms with E-state index in [2.05, 4.69) is 18.2 Å². The van der Waals surface area contributed by atoms with E-state index >= 15 is 0 Å². The number of rotatable bonds is 11. The predicted molar refractivity (Wildman–Crippen MR) is 141 cm³/mol. The molecule has 2 unspecified atom stereocenters. The summed E-state index contributed by atoms with van der Waals surface area (Å²) in [6.45, 7) is 3.10. The minimum Gasteiger partial charge on any atom is -0.466 e. The Hall–Kier alpha value is -2.27. The highest BCUT2D eigenvalue weighted by Gasteiger charge is 2.39. The van der Waals surface area contributed by atoms with Gasteiger partial charge in [-0.25, -0.2) is 0 Å². The van der Waals surface area contributed by atoms with Gasteiger partial charge < -0.3 is 9.47 Å². The van der Waals surface area contributed by atoms with Crippen molar-refractivity contribution >= 4 is 5.97 Å². The van der Waals surface area contributed by atoms with Crippen molar-refractivity contribution in [1.82, 2.24) is 9.97 Å². The summed E-state index contributed by atoms with van der Waals surface area (Å²) in [7, 11) is 0. The van der Waals surface area contributed by atoms with Crippen LogP contribution < -0.4 is 0 Å². The van der Waals surface area contributed by atoms with Crippen molar-refractivity contribution in [3.63, 3.8) is 0 Å². The zero-order valence-corrected chi connectivity index (χ0v) is 21.9. The number of aryl methyl sites for hydroxylation is 3. The molecule has 0 aliphatic heterocycles. The van der Waals surface area contributed by atoms with Crippen LogP contribution in [-0.2, 0) is 33.5 Å². The van der Waals surface area contributed by atoms with Gasteiger partial charge in [0.1, 0.15) is 0 Å². The van der Waals surface area contributed by atoms with Crippen LogP contribution in [0.3, 0.4) is 0 Å². The highest BCUT2D eigenvalue weighted by Crippen LogP contribution is 2.44. The lowest BCUT2D eigenvalue weighted by atomic mass is 9.76. The predicted octanol–water partition coefficient (Wildman–Crippen LogP) is 6.48. The molecule has 3 aliphatic carbocycles. The van der Waals surface area contributed by atoms with Crippen LogP contribution in [0.5, 0.6) is 0 Å². The molecule has 194 valence electrons. The second-order valence-corrected chi connectivity index (χ2v) is 11.0. The first-order valence-electron chi connectivity index (χ1n) is 14.4. The fraction of sp³-hybridized carbons (Fsp3) is 0.645. The number of hydrogen-bond acceptors (Lipinski definition) is 5. The average Bonchev–Trinajstić information content (AvgIpc) is 3.32. The Balaban J connectivity index is 1.12. The van der Waals surface area contributed by atoms with Gasteiger partial charge in [-0.1, -0.05) is 18.6 Å². The number of carbonyl (C=O) groups excluding carboxylic acids is 1. The number of hydrogen-bond donors (Lipinski definition) is 0. The monoisotopic (exact) mass is 490 g/mol. The van der Waals surface area contributed by atoms with E-state index in [1.807, 2.05) is 19.2 Å². The van der Waals surface area contributed by atoms with Gasteiger partial charge >= 0.3 is 5.97 Å². The fourth-order valence-electron chi connectivity index (χ4n) is 6.37. The molecule has 0 spiro atoms. The normalized spacial score (nSPS) is 22.6. The molecular weight excluding hydrogens is 448 g/mol. The number of nitrogens with zero attached hydrogens (tertiary/aromatic N) is 2. The molecule has 0 N–H and O–H groups in total. The van der Waals surface area contributed by atoms with Gasteiger partial charge in [-0.2, -0.15) is 0 Å². The topological polar surface area (TPSA) is 61.3 Å². The lowest BCUT2D eigenvalue weighted by molar-refractivity contribution is -0.146. The van der Waals surface area contributed by atoms with Crippen molar-refractivity contribution in [2.45, 2.75) is 108 Å². The zero-order valence-electron chi connectivity index (χ0n) is 21.9. The van der Waals surface area contributed by atoms with E-state index in [0.29, 0.717) is 12.5 Å². The second-order valence-electron chi connectivity index (χ2n) is 11.0. The number of fused-ring (bicyclic) bond motifs is 1. The lowest BCUT2D eigenvalue weighted by Gasteiger charge is -2.30. The summed E-state index contributed by atoms with van der Waals surface area (Å²) in [5, 5.41) is 0. The summed E-state index contributed by atoms with van der Waals surface area (Å²) < 4.78 is 11.9. The molecule has 3 aliphatic rings. The van der Waals surface area contributed by atoms with Crippen LogP contribution in [0.2, 0.25) is 0 Å². The number of esters is 1. The first kappa shape index (κ1) is 25.4. The van der Waals surface area contributed by atoms with E-state index < -0.39 is 0 Å². The largest absolute Gasteiger partial charge is 0.466 e. The third-order valence-electron chi connectivity index (χ3n) is 8.55. The maximum atomic E-state index is 13.1. The molecule has 5 heteroatoms. The molecule has 5 nitrogen and oxygen atoms in total. The van der Waals surface area contributed by atoms with Gasteiger partial charge in [-0.3, -0.25) is 14.8 Å². The quantitative estimate of drug-likeness (QED) is 0.267. The van der Waals surface area contributed by atoms with Gasteiger partial charge in [-0.15, -0.1) is 0 Å². The van der Waals surface area contributed by atoms with Crippen LogP contribution in [0.25, 0.3) is 0 Å². The third kappa shape index (κ3) is 5.99. The minimum absolute atomic E-state index is 0.0886. The van der Waals surface area contributed by atoms with E-state index in [-0.39, 0.29) is 23.9 Å². The molecule has 2 saturated carbocycles. The second kappa shape index (κ2) is 12.3. The Morgan fingerprint density at radius 1 is 1.06 bits per heavy atom. The molecule has 2 aromatic heterocycles. The average molecular weight is 491 g/mol. The van der Waals surface area contributed by atoms with E-state index in [1.54, 1.807) is 0 Å². The standard InChI is InChI=1S/C31H42N2O3/c1-2-35-31(34)29(27-13-8-19-32-30(27)23-10-7-11-23)24-16-18-26(21-24)36-20-6-5-12-25-17-15-22-9-3-4-14-28(22)33-25/h8,13,15,17,19,23-24,26,29H,2-7,9-12,14,16,18,20-21H2,1H3/t24?,26-,29?/m1/s1. The Morgan fingerprint density at radius 2 is 1.94 bits per heavy atom. The number of pyridine rings is 2. The van der Waals surface area contributed by atoms with E-state index in [9.17, 15) is 4.79 Å². The van der Waals surface area contributed by atoms with Crippen LogP contribution in [0, 0.1) is 5.92 Å². The maximum Gasteiger partial charge on any atom is 0.313 e. The molecule has 0 aromatic carbocycles. The number of carbonyl (C=O) groups is 1. The smallest absolute Gasteiger partial charge is 0.313 e. The first-order chi connectivity index (χ1) is 17.7. The van der Waals surface area contributed by atoms with Gasteiger partial charge in [0.15, 0.2) is 0 Å². The van der Waals surface area contributed by atoms with Crippen molar-refractivity contribution in [1.29, 1.82) is 0 Å². The maximum absolute atomic E-state index is 13.1. The van der Waals surface area contributed by atoms with Crippen molar-refractivity contribution < 1.29 is 14.3 Å². The Morgan fingerprint density at radius 3 is 2.78 bits per heavy atom. The molecule has 5 rings (SSSR count). The van der Waals surface area contributed by atoms with Gasteiger partial charge in [-0.05, 0) is 113 Å². The molecule has 0 amide bonds. The summed E-state index contributed by atoms with van der Waals surface area (Å²) in [6, 6.07) is 8.61. The molecule has 0 radical (unpaired) electrons. The zero-order chi connectivity index (χ0) is 24.7. The van der Waals surface area contributed by atoms with Crippen molar-refractivity contribution in [3.05, 3.63) is 58.7 Å². The summed E-state index contributed by atoms with van der Waals surface area (Å²) in [5.74, 6) is 0.445. The Labute approximate surface area is 216 Å². The SMILES string of the molecule is CCOC(=O)C(c1cccnc1C1CCC1)C1CC[C@@H](OCCCCc2ccc3c(n2)CCCC3)C1. The van der Waals surface area contributed by atoms with Crippen molar-refractivity contribution in [2.75, 3.05) is 13.2 Å². The van der Waals surface area contributed by atoms with Crippen molar-refractivity contribution in [3.8, 4) is 0 Å². The molecule has 2 aromatic rings. The Kier molecular flexibility index (Phi) is 8.68. The molecule has 0 bridgehead atoms. The number of ether oxygens (including phenoxy) is 2. The summed E-state index contributed by atoms with van der Waals surface area (Å²) in [5.41, 5.74) is 6.24. The molecule has 2 fully saturated rings. The minimum atomic E-state index is -0.224. The highest BCUT2D eigenvalue weighted by molar-refractivity contribution is 5.79. The first-order valence-corrected chi connectivity index (χ1v) is 14.4. The van der Waals surface area contributed by atoms with Gasteiger partial charge in [0, 0.05) is 35.8 Å². The van der Waals surface area contributed by atoms with E-state index in [4.69, 9.17) is 19.4 Å². The van der Waals surface area contributed by atoms with E-state index in [0.717, 1.165) is 62.8 Å². The Bertz CT molecular complexity index is 1020. The van der Waals surface area contributed by atoms with Crippen LogP contribution >= 0.6 is 0 Å². The van der Waals surface area contributed by atoms with Gasteiger partial charge in [0.2, 0.25) is 0 Å². The summed E-state index contributed by atoms with van der Waals surface area (Å²) in [6.07, 6.45) is 16.8. The molecule has 2 heterocycles. The van der Waals surface area contributed by atoms with Crippen LogP contribution in [0.1, 0.15) is 111 Å². The number of aromatic nitrogens is 2. The third-order valence-corrected chi connectivity index (χ3v) is 8.55. The van der Waals surface area contributed by atoms with Crippen LogP contribution in [0.15, 0.2) is 30.5 Å². The van der Waals surface area contributed by atoms with E-state index in [1.165, 1.54) is 55.5 Å². The van der Waals surface area contributed by atoms with Crippen LogP contribution in [-0.4, -0.2) is 35.3 Å². The van der Waals surface area contributed by atoms with Crippen molar-refractivity contribution in [2.24, 2.45) is 5.92 Å². The molecular formula is C31H42N2O3. The lowest BCUT2D eigenvalue weighted by Crippen LogP contribution is -2.26. The van der Waals surface area contributed by atoms with Gasteiger partial charge in [0.25, 0.3) is 0 Å². The molecule has 3 atom stereocenters. The highest BCUT2D eigenvalue weighted by atomic mass is 16.5. The van der Waals surface area contributed by atoms with Crippen LogP contribution in [0.4, 0.5) is 0 Å². The summed E-state index contributed by atoms with van der Waals surface area (Å²) >= 11 is 0. The molecule has 36 heavy (non-hydrogen) atoms. The molecule has 0 saturated heterocycles. The number of unbranched alkanes of at least 4 members (excludes halogenated alkanes) is 1. The summed E-state index contributed by atoms with van der Waals surface area (Å²) in [4.78, 5) is 22.8. The fourth-order valence-corrected chi connectivity index (χ4v) is 6.37. The van der Waals surface area contributed by atoms with Gasteiger partial charge in [0.05, 0.1) is 18.6 Å².